The highest BCUT2D eigenvalue weighted by atomic mass is 14.1. The summed E-state index contributed by atoms with van der Waals surface area (Å²) in [6.45, 7) is 0. The number of hydrogen-bond acceptors (Lipinski definition) is 0. The van der Waals surface area contributed by atoms with Crippen molar-refractivity contribution in [1.82, 2.24) is 0 Å². The van der Waals surface area contributed by atoms with Crippen molar-refractivity contribution in [3.8, 4) is 24.7 Å². The molecule has 0 heterocycles. The van der Waals surface area contributed by atoms with Crippen molar-refractivity contribution in [2.45, 2.75) is 0 Å². The van der Waals surface area contributed by atoms with Crippen LogP contribution < -0.4 is 0 Å². The Morgan fingerprint density at radius 1 is 0.722 bits per heavy atom. The molecule has 0 amide bonds. The van der Waals surface area contributed by atoms with Crippen LogP contribution in [0.25, 0.3) is 21.5 Å². The third-order valence-corrected chi connectivity index (χ3v) is 3.17. The van der Waals surface area contributed by atoms with Crippen LogP contribution in [0.15, 0.2) is 48.5 Å². The lowest BCUT2D eigenvalue weighted by atomic mass is 9.96. The minimum Gasteiger partial charge on any atom is -0.115 e. The van der Waals surface area contributed by atoms with E-state index < -0.39 is 0 Å². The second-order valence-electron chi connectivity index (χ2n) is 4.20. The standard InChI is InChI=1S/C18H10/c1-3-13-9-10-15-12-14-7-5-6-8-17(14)16(4-2)18(15)11-13/h1-2,5-12H. The molecule has 0 saturated carbocycles. The maximum atomic E-state index is 5.67. The smallest absolute Gasteiger partial charge is 0.0399 e. The molecule has 0 aliphatic carbocycles. The van der Waals surface area contributed by atoms with Crippen LogP contribution in [0, 0.1) is 24.7 Å². The first kappa shape index (κ1) is 10.5. The van der Waals surface area contributed by atoms with Crippen LogP contribution in [0.4, 0.5) is 0 Å². The lowest BCUT2D eigenvalue weighted by Gasteiger charge is -2.07. The van der Waals surface area contributed by atoms with Crippen LogP contribution in [0.5, 0.6) is 0 Å². The molecule has 0 aromatic heterocycles. The summed E-state index contributed by atoms with van der Waals surface area (Å²) in [5, 5.41) is 4.43. The molecule has 3 aromatic rings. The van der Waals surface area contributed by atoms with Gasteiger partial charge in [0.1, 0.15) is 0 Å². The Morgan fingerprint density at radius 2 is 1.50 bits per heavy atom. The third-order valence-electron chi connectivity index (χ3n) is 3.17. The molecule has 3 aromatic carbocycles. The fourth-order valence-corrected chi connectivity index (χ4v) is 2.31. The van der Waals surface area contributed by atoms with Crippen LogP contribution in [0.1, 0.15) is 11.1 Å². The van der Waals surface area contributed by atoms with E-state index in [1.165, 1.54) is 0 Å². The van der Waals surface area contributed by atoms with Gasteiger partial charge in [-0.25, -0.2) is 0 Å². The molecule has 0 aliphatic rings. The molecule has 0 N–H and O–H groups in total. The molecule has 0 unspecified atom stereocenters. The number of rotatable bonds is 0. The Morgan fingerprint density at radius 3 is 2.28 bits per heavy atom. The second-order valence-corrected chi connectivity index (χ2v) is 4.20. The van der Waals surface area contributed by atoms with Crippen molar-refractivity contribution in [2.24, 2.45) is 0 Å². The monoisotopic (exact) mass is 226 g/mol. The van der Waals surface area contributed by atoms with E-state index >= 15 is 0 Å². The molecular weight excluding hydrogens is 216 g/mol. The van der Waals surface area contributed by atoms with E-state index in [0.717, 1.165) is 32.7 Å². The Labute approximate surface area is 106 Å². The number of fused-ring (bicyclic) bond motifs is 2. The Hall–Kier alpha value is -2.70. The van der Waals surface area contributed by atoms with Crippen molar-refractivity contribution < 1.29 is 0 Å². The van der Waals surface area contributed by atoms with E-state index in [1.54, 1.807) is 0 Å². The minimum atomic E-state index is 0.856. The predicted octanol–water partition coefficient (Wildman–Crippen LogP) is 3.96. The maximum Gasteiger partial charge on any atom is 0.0399 e. The van der Waals surface area contributed by atoms with E-state index in [2.05, 4.69) is 24.0 Å². The van der Waals surface area contributed by atoms with Gasteiger partial charge in [-0.1, -0.05) is 42.2 Å². The molecular formula is C18H10. The molecule has 0 heteroatoms. The Kier molecular flexibility index (Phi) is 2.30. The molecule has 0 aliphatic heterocycles. The topological polar surface area (TPSA) is 0 Å². The van der Waals surface area contributed by atoms with Gasteiger partial charge in [-0.2, -0.15) is 0 Å². The third kappa shape index (κ3) is 1.45. The predicted molar refractivity (Wildman–Crippen MR) is 77.3 cm³/mol. The average Bonchev–Trinajstić information content (AvgIpc) is 2.44. The summed E-state index contributed by atoms with van der Waals surface area (Å²) in [5.74, 6) is 5.45. The zero-order valence-electron chi connectivity index (χ0n) is 9.77. The van der Waals surface area contributed by atoms with E-state index in [9.17, 15) is 0 Å². The van der Waals surface area contributed by atoms with Gasteiger partial charge in [0.2, 0.25) is 0 Å². The molecule has 82 valence electrons. The lowest BCUT2D eigenvalue weighted by molar-refractivity contribution is 1.70. The van der Waals surface area contributed by atoms with Crippen LogP contribution in [-0.2, 0) is 0 Å². The number of hydrogen-bond donors (Lipinski definition) is 0. The summed E-state index contributed by atoms with van der Waals surface area (Å²) < 4.78 is 0. The van der Waals surface area contributed by atoms with Crippen molar-refractivity contribution in [2.75, 3.05) is 0 Å². The first-order valence-corrected chi connectivity index (χ1v) is 5.72. The first-order chi connectivity index (χ1) is 8.83. The molecule has 0 saturated heterocycles. The molecule has 0 spiro atoms. The zero-order chi connectivity index (χ0) is 12.5. The van der Waals surface area contributed by atoms with E-state index in [1.807, 2.05) is 36.4 Å². The fraction of sp³-hybridized carbons (Fsp3) is 0. The van der Waals surface area contributed by atoms with E-state index in [0.29, 0.717) is 0 Å². The van der Waals surface area contributed by atoms with Crippen molar-refractivity contribution >= 4 is 21.5 Å². The van der Waals surface area contributed by atoms with Crippen molar-refractivity contribution in [1.29, 1.82) is 0 Å². The normalized spacial score (nSPS) is 10.1. The largest absolute Gasteiger partial charge is 0.115 e. The summed E-state index contributed by atoms with van der Waals surface area (Å²) in [5.41, 5.74) is 1.77. The Bertz CT molecular complexity index is 839. The molecule has 0 atom stereocenters. The molecule has 0 nitrogen and oxygen atoms in total. The summed E-state index contributed by atoms with van der Waals surface area (Å²) in [7, 11) is 0. The maximum absolute atomic E-state index is 5.67. The number of benzene rings is 3. The van der Waals surface area contributed by atoms with Crippen molar-refractivity contribution in [3.05, 3.63) is 59.7 Å². The van der Waals surface area contributed by atoms with Gasteiger partial charge >= 0.3 is 0 Å². The minimum absolute atomic E-state index is 0.856. The van der Waals surface area contributed by atoms with Crippen LogP contribution in [0.2, 0.25) is 0 Å². The molecule has 18 heavy (non-hydrogen) atoms. The van der Waals surface area contributed by atoms with Crippen molar-refractivity contribution in [3.63, 3.8) is 0 Å². The second kappa shape index (κ2) is 3.95. The average molecular weight is 226 g/mol. The molecule has 0 fully saturated rings. The SMILES string of the molecule is C#Cc1ccc2cc3ccccc3c(C#C)c2c1. The molecule has 3 rings (SSSR count). The summed E-state index contributed by atoms with van der Waals surface area (Å²) >= 11 is 0. The molecule has 0 radical (unpaired) electrons. The summed E-state index contributed by atoms with van der Waals surface area (Å²) in [6.07, 6.45) is 11.1. The quantitative estimate of drug-likeness (QED) is 0.402. The van der Waals surface area contributed by atoms with Gasteiger partial charge in [0.05, 0.1) is 0 Å². The van der Waals surface area contributed by atoms with Crippen LogP contribution in [0.3, 0.4) is 0 Å². The highest BCUT2D eigenvalue weighted by Gasteiger charge is 2.05. The zero-order valence-corrected chi connectivity index (χ0v) is 9.77. The summed E-state index contributed by atoms with van der Waals surface area (Å²) in [4.78, 5) is 0. The summed E-state index contributed by atoms with van der Waals surface area (Å²) in [6, 6.07) is 16.2. The highest BCUT2D eigenvalue weighted by Crippen LogP contribution is 2.28. The van der Waals surface area contributed by atoms with E-state index in [-0.39, 0.29) is 0 Å². The van der Waals surface area contributed by atoms with Gasteiger partial charge < -0.3 is 0 Å². The van der Waals surface area contributed by atoms with Gasteiger partial charge in [0, 0.05) is 11.1 Å². The van der Waals surface area contributed by atoms with Gasteiger partial charge in [0.25, 0.3) is 0 Å². The van der Waals surface area contributed by atoms with Gasteiger partial charge in [-0.15, -0.1) is 12.8 Å². The van der Waals surface area contributed by atoms with Gasteiger partial charge in [-0.05, 0) is 39.7 Å². The lowest BCUT2D eigenvalue weighted by Crippen LogP contribution is -1.85. The van der Waals surface area contributed by atoms with Gasteiger partial charge in [0.15, 0.2) is 0 Å². The number of terminal acetylenes is 2. The van der Waals surface area contributed by atoms with Crippen LogP contribution in [-0.4, -0.2) is 0 Å². The first-order valence-electron chi connectivity index (χ1n) is 5.72. The highest BCUT2D eigenvalue weighted by molar-refractivity contribution is 6.04. The van der Waals surface area contributed by atoms with E-state index in [4.69, 9.17) is 12.8 Å². The Balaban J connectivity index is 2.57. The fourth-order valence-electron chi connectivity index (χ4n) is 2.31. The van der Waals surface area contributed by atoms with Gasteiger partial charge in [-0.3, -0.25) is 0 Å². The molecule has 0 bridgehead atoms. The van der Waals surface area contributed by atoms with Crippen LogP contribution >= 0.6 is 0 Å².